The van der Waals surface area contributed by atoms with Crippen LogP contribution in [0.2, 0.25) is 0 Å². The average molecular weight is 1030 g/mol. The summed E-state index contributed by atoms with van der Waals surface area (Å²) in [5.74, 6) is -7.18. The summed E-state index contributed by atoms with van der Waals surface area (Å²) in [6, 6.07) is 7.49. The van der Waals surface area contributed by atoms with Gasteiger partial charge in [0.05, 0.1) is 61.8 Å². The number of morpholine rings is 1. The lowest BCUT2D eigenvalue weighted by atomic mass is 9.72. The van der Waals surface area contributed by atoms with Crippen LogP contribution in [0.3, 0.4) is 0 Å². The Morgan fingerprint density at radius 3 is 2.39 bits per heavy atom. The summed E-state index contributed by atoms with van der Waals surface area (Å²) < 4.78 is 28.5. The summed E-state index contributed by atoms with van der Waals surface area (Å²) in [5, 5.41) is 56.2. The summed E-state index contributed by atoms with van der Waals surface area (Å²) in [5.41, 5.74) is -3.77. The topological polar surface area (TPSA) is 336 Å². The van der Waals surface area contributed by atoms with Crippen molar-refractivity contribution in [3.8, 4) is 17.2 Å². The number of nitrogens with zero attached hydrogens (tertiary/aromatic N) is 3. The van der Waals surface area contributed by atoms with Crippen LogP contribution in [-0.4, -0.2) is 172 Å². The minimum Gasteiger partial charge on any atom is -0.507 e. The molecule has 5 unspecified atom stereocenters. The minimum absolute atomic E-state index is 0.0141. The molecule has 8 rings (SSSR count). The van der Waals surface area contributed by atoms with Crippen molar-refractivity contribution in [2.24, 2.45) is 5.18 Å². The van der Waals surface area contributed by atoms with E-state index in [4.69, 9.17) is 23.7 Å². The first-order chi connectivity index (χ1) is 35.4. The molecule has 24 heteroatoms. The number of carbonyl (C=O) groups is 8. The van der Waals surface area contributed by atoms with Crippen molar-refractivity contribution in [1.29, 1.82) is 0 Å². The number of Topliss-reactive ketones (excluding diaryl/α,β-unsaturated/α-hetero) is 1. The maximum Gasteiger partial charge on any atom is 0.410 e. The predicted molar refractivity (Wildman–Crippen MR) is 253 cm³/mol. The molecule has 7 N–H and O–H groups in total. The molecule has 3 heterocycles. The number of likely N-dealkylation sites (tertiary alicyclic amines) is 1. The van der Waals surface area contributed by atoms with Crippen LogP contribution in [0.25, 0.3) is 0 Å². The first-order valence-electron chi connectivity index (χ1n) is 24.0. The normalized spacial score (nSPS) is 25.6. The van der Waals surface area contributed by atoms with E-state index in [-0.39, 0.29) is 73.8 Å². The van der Waals surface area contributed by atoms with Gasteiger partial charge in [0.1, 0.15) is 60.2 Å². The molecule has 9 atom stereocenters. The average Bonchev–Trinajstić information content (AvgIpc) is 3.90. The number of benzene rings is 3. The molecule has 0 aromatic heterocycles. The summed E-state index contributed by atoms with van der Waals surface area (Å²) in [6.45, 7) is 1.34. The van der Waals surface area contributed by atoms with Gasteiger partial charge in [0, 0.05) is 49.0 Å². The number of fused-ring (bicyclic) bond motifs is 3. The number of aromatic hydroxyl groups is 2. The molecular weight excluding hydrogens is 973 g/mol. The Bertz CT molecular complexity index is 2760. The number of ether oxygens (including phenoxy) is 5. The second-order valence-electron chi connectivity index (χ2n) is 18.7. The highest BCUT2D eigenvalue weighted by Gasteiger charge is 2.51. The van der Waals surface area contributed by atoms with Crippen LogP contribution in [-0.2, 0) is 55.9 Å². The summed E-state index contributed by atoms with van der Waals surface area (Å²) in [7, 11) is 1.28. The minimum atomic E-state index is -2.44. The summed E-state index contributed by atoms with van der Waals surface area (Å²) in [6.07, 6.45) is -5.89. The van der Waals surface area contributed by atoms with E-state index >= 15 is 0 Å². The lowest BCUT2D eigenvalue weighted by molar-refractivity contribution is -0.231. The smallest absolute Gasteiger partial charge is 0.410 e. The molecular formula is C50H56N6O18. The fourth-order valence-corrected chi connectivity index (χ4v) is 10.3. The molecule has 0 spiro atoms. The largest absolute Gasteiger partial charge is 0.507 e. The highest BCUT2D eigenvalue weighted by atomic mass is 16.7. The number of ketones is 3. The van der Waals surface area contributed by atoms with Crippen LogP contribution in [0.4, 0.5) is 4.79 Å². The van der Waals surface area contributed by atoms with Crippen LogP contribution in [0.1, 0.15) is 94.2 Å². The predicted octanol–water partition coefficient (Wildman–Crippen LogP) is 0.582. The Labute approximate surface area is 422 Å². The van der Waals surface area contributed by atoms with E-state index in [0.717, 1.165) is 5.56 Å². The molecule has 0 saturated carbocycles. The van der Waals surface area contributed by atoms with Crippen molar-refractivity contribution < 1.29 is 82.5 Å². The van der Waals surface area contributed by atoms with E-state index in [9.17, 15) is 63.7 Å². The van der Waals surface area contributed by atoms with Crippen LogP contribution in [0.15, 0.2) is 53.7 Å². The van der Waals surface area contributed by atoms with E-state index in [2.05, 4.69) is 21.1 Å². The molecule has 0 bridgehead atoms. The van der Waals surface area contributed by atoms with Gasteiger partial charge in [-0.2, -0.15) is 4.91 Å². The molecule has 3 saturated heterocycles. The van der Waals surface area contributed by atoms with Gasteiger partial charge in [0.15, 0.2) is 17.9 Å². The van der Waals surface area contributed by atoms with E-state index in [1.807, 2.05) is 6.07 Å². The molecule has 5 amide bonds. The lowest BCUT2D eigenvalue weighted by Gasteiger charge is -2.42. The van der Waals surface area contributed by atoms with Crippen molar-refractivity contribution in [2.45, 2.75) is 107 Å². The number of methoxy groups -OCH3 is 1. The molecule has 74 heavy (non-hydrogen) atoms. The Hall–Kier alpha value is -7.38. The third kappa shape index (κ3) is 10.3. The quantitative estimate of drug-likeness (QED) is 0.0633. The maximum atomic E-state index is 14.1. The molecule has 3 aromatic rings. The van der Waals surface area contributed by atoms with Crippen LogP contribution in [0, 0.1) is 4.91 Å². The van der Waals surface area contributed by atoms with Gasteiger partial charge in [0.2, 0.25) is 29.4 Å². The highest BCUT2D eigenvalue weighted by Crippen LogP contribution is 2.52. The number of amides is 5. The van der Waals surface area contributed by atoms with Crippen LogP contribution >= 0.6 is 0 Å². The molecule has 24 nitrogen and oxygen atoms in total. The Balaban J connectivity index is 0.924. The van der Waals surface area contributed by atoms with Crippen molar-refractivity contribution in [3.63, 3.8) is 0 Å². The van der Waals surface area contributed by atoms with Gasteiger partial charge in [-0.15, -0.1) is 0 Å². The Morgan fingerprint density at radius 2 is 1.68 bits per heavy atom. The van der Waals surface area contributed by atoms with Gasteiger partial charge in [0.25, 0.3) is 0 Å². The van der Waals surface area contributed by atoms with Gasteiger partial charge in [-0.1, -0.05) is 47.6 Å². The SMILES string of the molecule is COc1cccc2c1C(=O)c1c(O)c3c(c(O)c1C2=O)C[C@@](O)(C(=O)CO)C[C@@H]3OC1CC(NC(=O)[C@@H]2CCCN2C(=O)CNC(=O)[C@H](C)NC(=O)C2COCCN2C(=O)OCc2ccccc2)C(N=O)C(C)O1. The zero-order valence-electron chi connectivity index (χ0n) is 40.6. The summed E-state index contributed by atoms with van der Waals surface area (Å²) >= 11 is 0. The first kappa shape index (κ1) is 52.9. The molecule has 3 aromatic carbocycles. The zero-order chi connectivity index (χ0) is 53.2. The number of phenols is 2. The molecule has 2 aliphatic carbocycles. The van der Waals surface area contributed by atoms with Gasteiger partial charge in [-0.05, 0) is 38.3 Å². The standard InChI is InChI=1S/C50H56N6O18/c1-24(52-48(66)31-23-71-16-15-56(31)49(67)72-22-26-9-5-4-6-10-26)46(64)51-20-35(59)55-14-8-12-30(55)47(65)53-29-17-36(73-25(2)41(29)54-69)74-33-19-50(68,34(58)21-57)18-28-38(33)45(63)40-39(43(28)61)42(60)27-11-7-13-32(70-3)37(27)44(40)62/h4-7,9-11,13,24-25,29-31,33,36,41,57,61,63,68H,8,12,14-23H2,1-3H3,(H,51,64)(H,52,66)(H,53,65)/t24-,25?,29?,30-,31?,33-,36?,41?,50-/m0/s1. The number of hydrogen-bond donors (Lipinski definition) is 7. The third-order valence-electron chi connectivity index (χ3n) is 14.1. The van der Waals surface area contributed by atoms with Gasteiger partial charge in [-0.3, -0.25) is 38.5 Å². The van der Waals surface area contributed by atoms with E-state index in [0.29, 0.717) is 6.42 Å². The van der Waals surface area contributed by atoms with Crippen molar-refractivity contribution in [3.05, 3.63) is 92.4 Å². The number of nitroso groups, excluding NO2 is 1. The molecule has 0 radical (unpaired) electrons. The molecule has 3 aliphatic heterocycles. The fraction of sp³-hybridized carbons (Fsp3) is 0.480. The molecule has 394 valence electrons. The summed E-state index contributed by atoms with van der Waals surface area (Å²) in [4.78, 5) is 123. The Morgan fingerprint density at radius 1 is 0.932 bits per heavy atom. The number of rotatable bonds is 15. The number of phenolic OH excluding ortho intramolecular Hbond substituents is 2. The lowest BCUT2D eigenvalue weighted by Crippen LogP contribution is -2.59. The number of carbonyl (C=O) groups excluding carboxylic acids is 8. The number of nitrogens with one attached hydrogen (secondary N) is 3. The second-order valence-corrected chi connectivity index (χ2v) is 18.7. The van der Waals surface area contributed by atoms with Crippen LogP contribution in [0.5, 0.6) is 17.2 Å². The molecule has 3 fully saturated rings. The first-order valence-corrected chi connectivity index (χ1v) is 24.0. The van der Waals surface area contributed by atoms with E-state index in [1.54, 1.807) is 24.3 Å². The van der Waals surface area contributed by atoms with Gasteiger partial charge < -0.3 is 65.0 Å². The van der Waals surface area contributed by atoms with Gasteiger partial charge in [-0.25, -0.2) is 4.79 Å². The van der Waals surface area contributed by atoms with Crippen molar-refractivity contribution >= 4 is 47.1 Å². The fourth-order valence-electron chi connectivity index (χ4n) is 10.3. The Kier molecular flexibility index (Phi) is 15.7. The maximum absolute atomic E-state index is 14.1. The second kappa shape index (κ2) is 22.0. The molecule has 5 aliphatic rings. The van der Waals surface area contributed by atoms with E-state index in [1.165, 1.54) is 49.0 Å². The van der Waals surface area contributed by atoms with E-state index < -0.39 is 150 Å². The van der Waals surface area contributed by atoms with Gasteiger partial charge >= 0.3 is 6.09 Å². The van der Waals surface area contributed by atoms with Crippen molar-refractivity contribution in [1.82, 2.24) is 25.8 Å². The monoisotopic (exact) mass is 1030 g/mol. The third-order valence-corrected chi connectivity index (χ3v) is 14.1. The van der Waals surface area contributed by atoms with Crippen molar-refractivity contribution in [2.75, 3.05) is 46.6 Å². The number of hydrogen-bond acceptors (Lipinski definition) is 19. The number of aliphatic hydroxyl groups excluding tert-OH is 1. The van der Waals surface area contributed by atoms with Crippen LogP contribution < -0.4 is 20.7 Å². The highest BCUT2D eigenvalue weighted by molar-refractivity contribution is 6.31. The zero-order valence-corrected chi connectivity index (χ0v) is 40.6. The number of aliphatic hydroxyl groups is 2.